The normalized spacial score (nSPS) is 12.1. The number of fused-ring (bicyclic) bond motifs is 1. The second-order valence-corrected chi connectivity index (χ2v) is 5.92. The summed E-state index contributed by atoms with van der Waals surface area (Å²) < 4.78 is 10.7. The first-order valence-corrected chi connectivity index (χ1v) is 8.47. The van der Waals surface area contributed by atoms with Crippen LogP contribution in [0.3, 0.4) is 0 Å². The number of methoxy groups -OCH3 is 2. The van der Waals surface area contributed by atoms with E-state index in [1.807, 2.05) is 0 Å². The highest BCUT2D eigenvalue weighted by atomic mass is 16.5. The van der Waals surface area contributed by atoms with Crippen molar-refractivity contribution < 1.29 is 14.3 Å². The van der Waals surface area contributed by atoms with E-state index >= 15 is 0 Å². The first kappa shape index (κ1) is 18.9. The number of rotatable bonds is 10. The molecule has 0 aliphatic heterocycles. The molecule has 0 amide bonds. The number of nitrogen functional groups attached to an aromatic ring is 1. The zero-order valence-corrected chi connectivity index (χ0v) is 14.8. The smallest absolute Gasteiger partial charge is 0.162 e. The lowest BCUT2D eigenvalue weighted by Crippen LogP contribution is -2.09. The van der Waals surface area contributed by atoms with Crippen LogP contribution in [-0.4, -0.2) is 37.0 Å². The Hall–Kier alpha value is -2.41. The molecule has 0 fully saturated rings. The molecule has 0 saturated carbocycles. The van der Waals surface area contributed by atoms with Crippen molar-refractivity contribution in [2.75, 3.05) is 26.5 Å². The van der Waals surface area contributed by atoms with Crippen molar-refractivity contribution in [2.45, 2.75) is 38.0 Å². The van der Waals surface area contributed by atoms with Gasteiger partial charge < -0.3 is 25.7 Å². The molecule has 4 N–H and O–H groups in total. The van der Waals surface area contributed by atoms with Gasteiger partial charge >= 0.3 is 0 Å². The van der Waals surface area contributed by atoms with Crippen LogP contribution in [0.4, 0.5) is 5.82 Å². The number of ether oxygens (including phenoxy) is 2. The average molecular weight is 346 g/mol. The number of anilines is 1. The van der Waals surface area contributed by atoms with E-state index in [1.54, 1.807) is 26.4 Å². The van der Waals surface area contributed by atoms with Crippen LogP contribution in [0.1, 0.15) is 43.8 Å². The molecule has 0 saturated heterocycles. The molecule has 1 aromatic heterocycles. The first-order valence-electron chi connectivity index (χ1n) is 8.47. The minimum Gasteiger partial charge on any atom is -0.493 e. The van der Waals surface area contributed by atoms with Crippen molar-refractivity contribution in [1.82, 2.24) is 9.97 Å². The molecule has 7 heteroatoms. The first-order chi connectivity index (χ1) is 12.1. The predicted octanol–water partition coefficient (Wildman–Crippen LogP) is 2.42. The molecule has 2 rings (SSSR count). The molecule has 2 aromatic rings. The monoisotopic (exact) mass is 346 g/mol. The van der Waals surface area contributed by atoms with E-state index in [2.05, 4.69) is 9.97 Å². The minimum atomic E-state index is 0.0801. The Labute approximate surface area is 147 Å². The maximum Gasteiger partial charge on any atom is 0.162 e. The molecule has 0 radical (unpaired) electrons. The Bertz CT molecular complexity index is 721. The van der Waals surface area contributed by atoms with Crippen LogP contribution in [0, 0.1) is 0 Å². The van der Waals surface area contributed by atoms with E-state index in [1.165, 1.54) is 0 Å². The number of hydrogen-bond acceptors (Lipinski definition) is 7. The van der Waals surface area contributed by atoms with E-state index in [0.29, 0.717) is 48.0 Å². The third kappa shape index (κ3) is 4.57. The Balaban J connectivity index is 2.42. The van der Waals surface area contributed by atoms with E-state index in [4.69, 9.17) is 20.9 Å². The Morgan fingerprint density at radius 2 is 1.84 bits per heavy atom. The number of aldehydes is 1. The van der Waals surface area contributed by atoms with Crippen LogP contribution >= 0.6 is 0 Å². The molecular formula is C18H26N4O3. The fourth-order valence-corrected chi connectivity index (χ4v) is 2.89. The van der Waals surface area contributed by atoms with E-state index in [9.17, 15) is 4.79 Å². The van der Waals surface area contributed by atoms with Crippen molar-refractivity contribution >= 4 is 23.0 Å². The van der Waals surface area contributed by atoms with Crippen molar-refractivity contribution in [2.24, 2.45) is 5.73 Å². The van der Waals surface area contributed by atoms with Gasteiger partial charge in [-0.1, -0.05) is 6.42 Å². The summed E-state index contributed by atoms with van der Waals surface area (Å²) in [6.07, 6.45) is 4.88. The third-order valence-electron chi connectivity index (χ3n) is 4.25. The average Bonchev–Trinajstić information content (AvgIpc) is 2.63. The standard InChI is InChI=1S/C18H26N4O3/c1-24-15-10-13-14(11-16(15)25-2)21-18(22-17(13)20)12(7-5-9-23)6-3-4-8-19/h9-12H,3-8,19H2,1-2H3,(H2,20,21,22). The molecule has 1 atom stereocenters. The summed E-state index contributed by atoms with van der Waals surface area (Å²) >= 11 is 0. The van der Waals surface area contributed by atoms with Crippen LogP contribution in [0.2, 0.25) is 0 Å². The van der Waals surface area contributed by atoms with Gasteiger partial charge in [0.2, 0.25) is 0 Å². The molecule has 0 bridgehead atoms. The predicted molar refractivity (Wildman–Crippen MR) is 98.0 cm³/mol. The maximum atomic E-state index is 10.8. The Morgan fingerprint density at radius 3 is 2.48 bits per heavy atom. The summed E-state index contributed by atoms with van der Waals surface area (Å²) in [5, 5.41) is 0.720. The van der Waals surface area contributed by atoms with E-state index < -0.39 is 0 Å². The van der Waals surface area contributed by atoms with Gasteiger partial charge in [0.15, 0.2) is 11.5 Å². The minimum absolute atomic E-state index is 0.0801. The number of nitrogens with zero attached hydrogens (tertiary/aromatic N) is 2. The number of carbonyl (C=O) groups excluding carboxylic acids is 1. The highest BCUT2D eigenvalue weighted by Gasteiger charge is 2.18. The molecule has 1 aromatic carbocycles. The topological polar surface area (TPSA) is 113 Å². The lowest BCUT2D eigenvalue weighted by atomic mass is 9.95. The van der Waals surface area contributed by atoms with Crippen LogP contribution in [0.15, 0.2) is 12.1 Å². The number of nitrogens with two attached hydrogens (primary N) is 2. The van der Waals surface area contributed by atoms with Crippen LogP contribution in [0.25, 0.3) is 10.9 Å². The van der Waals surface area contributed by atoms with Gasteiger partial charge in [0.25, 0.3) is 0 Å². The summed E-state index contributed by atoms with van der Waals surface area (Å²) in [4.78, 5) is 20.0. The SMILES string of the molecule is COc1cc2nc(C(CCC=O)CCCCN)nc(N)c2cc1OC. The van der Waals surface area contributed by atoms with Gasteiger partial charge in [-0.3, -0.25) is 0 Å². The van der Waals surface area contributed by atoms with Gasteiger partial charge in [-0.2, -0.15) is 0 Å². The van der Waals surface area contributed by atoms with Gasteiger partial charge in [-0.05, 0) is 31.9 Å². The van der Waals surface area contributed by atoms with Gasteiger partial charge in [0.1, 0.15) is 17.9 Å². The summed E-state index contributed by atoms with van der Waals surface area (Å²) in [5.74, 6) is 2.31. The zero-order valence-electron chi connectivity index (χ0n) is 14.8. The molecule has 0 aliphatic carbocycles. The van der Waals surface area contributed by atoms with Gasteiger partial charge in [-0.25, -0.2) is 9.97 Å². The van der Waals surface area contributed by atoms with Crippen LogP contribution in [-0.2, 0) is 4.79 Å². The van der Waals surface area contributed by atoms with Crippen molar-refractivity contribution in [3.05, 3.63) is 18.0 Å². The Morgan fingerprint density at radius 1 is 1.12 bits per heavy atom. The molecule has 7 nitrogen and oxygen atoms in total. The Kier molecular flexibility index (Phi) is 6.94. The molecule has 1 unspecified atom stereocenters. The van der Waals surface area contributed by atoms with Crippen LogP contribution < -0.4 is 20.9 Å². The highest BCUT2D eigenvalue weighted by Crippen LogP contribution is 2.34. The zero-order chi connectivity index (χ0) is 18.2. The molecule has 25 heavy (non-hydrogen) atoms. The highest BCUT2D eigenvalue weighted by molar-refractivity contribution is 5.90. The van der Waals surface area contributed by atoms with Crippen molar-refractivity contribution in [3.63, 3.8) is 0 Å². The summed E-state index contributed by atoms with van der Waals surface area (Å²) in [6, 6.07) is 3.58. The number of aromatic nitrogens is 2. The lowest BCUT2D eigenvalue weighted by Gasteiger charge is -2.16. The van der Waals surface area contributed by atoms with Gasteiger partial charge in [-0.15, -0.1) is 0 Å². The van der Waals surface area contributed by atoms with Gasteiger partial charge in [0.05, 0.1) is 19.7 Å². The number of unbranched alkanes of at least 4 members (excludes halogenated alkanes) is 1. The fourth-order valence-electron chi connectivity index (χ4n) is 2.89. The summed E-state index contributed by atoms with van der Waals surface area (Å²) in [6.45, 7) is 0.651. The maximum absolute atomic E-state index is 10.8. The van der Waals surface area contributed by atoms with E-state index in [-0.39, 0.29) is 5.92 Å². The van der Waals surface area contributed by atoms with E-state index in [0.717, 1.165) is 30.9 Å². The lowest BCUT2D eigenvalue weighted by molar-refractivity contribution is -0.108. The second kappa shape index (κ2) is 9.17. The fraction of sp³-hybridized carbons (Fsp3) is 0.500. The number of benzene rings is 1. The molecule has 0 spiro atoms. The third-order valence-corrected chi connectivity index (χ3v) is 4.25. The molecule has 136 valence electrons. The van der Waals surface area contributed by atoms with Crippen molar-refractivity contribution in [3.8, 4) is 11.5 Å². The largest absolute Gasteiger partial charge is 0.493 e. The second-order valence-electron chi connectivity index (χ2n) is 5.92. The quantitative estimate of drug-likeness (QED) is 0.501. The number of hydrogen-bond donors (Lipinski definition) is 2. The molecule has 1 heterocycles. The summed E-state index contributed by atoms with van der Waals surface area (Å²) in [7, 11) is 3.15. The van der Waals surface area contributed by atoms with Crippen molar-refractivity contribution in [1.29, 1.82) is 0 Å². The van der Waals surface area contributed by atoms with Gasteiger partial charge in [0, 0.05) is 23.8 Å². The summed E-state index contributed by atoms with van der Waals surface area (Å²) in [5.41, 5.74) is 12.4. The molecular weight excluding hydrogens is 320 g/mol. The number of carbonyl (C=O) groups is 1. The van der Waals surface area contributed by atoms with Crippen LogP contribution in [0.5, 0.6) is 11.5 Å². The molecule has 0 aliphatic rings.